The Morgan fingerprint density at radius 1 is 1.09 bits per heavy atom. The smallest absolute Gasteiger partial charge is 0.323 e. The van der Waals surface area contributed by atoms with Gasteiger partial charge in [0, 0.05) is 24.2 Å². The van der Waals surface area contributed by atoms with Gasteiger partial charge in [-0.1, -0.05) is 18.2 Å². The number of nitrogens with zero attached hydrogens (tertiary/aromatic N) is 1. The van der Waals surface area contributed by atoms with Gasteiger partial charge in [-0.2, -0.15) is 0 Å². The molecule has 4 nitrogen and oxygen atoms in total. The fourth-order valence-corrected chi connectivity index (χ4v) is 2.48. The highest BCUT2D eigenvalue weighted by Gasteiger charge is 2.12. The minimum atomic E-state index is -0.697. The number of para-hydroxylation sites is 1. The molecular formula is C17H15F2N3O. The van der Waals surface area contributed by atoms with Crippen LogP contribution in [0.15, 0.2) is 48.7 Å². The SMILES string of the molecule is CCn1cc(NC(=O)Nc2cc(F)ccc2F)c2ccccc21. The Bertz CT molecular complexity index is 873. The van der Waals surface area contributed by atoms with Crippen molar-refractivity contribution in [3.8, 4) is 0 Å². The van der Waals surface area contributed by atoms with Gasteiger partial charge in [0.25, 0.3) is 0 Å². The number of aromatic nitrogens is 1. The van der Waals surface area contributed by atoms with Crippen LogP contribution in [-0.2, 0) is 6.54 Å². The van der Waals surface area contributed by atoms with E-state index < -0.39 is 17.7 Å². The molecule has 118 valence electrons. The monoisotopic (exact) mass is 315 g/mol. The van der Waals surface area contributed by atoms with Crippen molar-refractivity contribution in [1.82, 2.24) is 4.57 Å². The Labute approximate surface area is 131 Å². The molecular weight excluding hydrogens is 300 g/mol. The number of hydrogen-bond acceptors (Lipinski definition) is 1. The van der Waals surface area contributed by atoms with Gasteiger partial charge in [0.1, 0.15) is 11.6 Å². The molecule has 1 aromatic heterocycles. The van der Waals surface area contributed by atoms with E-state index in [1.807, 2.05) is 42.0 Å². The number of benzene rings is 2. The van der Waals surface area contributed by atoms with E-state index >= 15 is 0 Å². The van der Waals surface area contributed by atoms with Crippen molar-refractivity contribution in [2.24, 2.45) is 0 Å². The maximum Gasteiger partial charge on any atom is 0.323 e. The average molecular weight is 315 g/mol. The topological polar surface area (TPSA) is 46.1 Å². The number of halogens is 2. The van der Waals surface area contributed by atoms with E-state index in [1.165, 1.54) is 0 Å². The van der Waals surface area contributed by atoms with Crippen molar-refractivity contribution in [3.05, 3.63) is 60.3 Å². The predicted molar refractivity (Wildman–Crippen MR) is 86.6 cm³/mol. The van der Waals surface area contributed by atoms with Crippen molar-refractivity contribution >= 4 is 28.3 Å². The molecule has 2 amide bonds. The third-order valence-electron chi connectivity index (χ3n) is 3.55. The highest BCUT2D eigenvalue weighted by Crippen LogP contribution is 2.26. The van der Waals surface area contributed by atoms with Crippen molar-refractivity contribution in [2.45, 2.75) is 13.5 Å². The Kier molecular flexibility index (Phi) is 3.97. The summed E-state index contributed by atoms with van der Waals surface area (Å²) in [5.74, 6) is -1.32. The molecule has 0 aliphatic heterocycles. The lowest BCUT2D eigenvalue weighted by Gasteiger charge is -2.07. The van der Waals surface area contributed by atoms with Crippen LogP contribution in [0.3, 0.4) is 0 Å². The van der Waals surface area contributed by atoms with Gasteiger partial charge >= 0.3 is 6.03 Å². The fourth-order valence-electron chi connectivity index (χ4n) is 2.48. The zero-order chi connectivity index (χ0) is 16.4. The van der Waals surface area contributed by atoms with Gasteiger partial charge in [-0.3, -0.25) is 0 Å². The lowest BCUT2D eigenvalue weighted by atomic mass is 10.2. The van der Waals surface area contributed by atoms with Gasteiger partial charge in [-0.15, -0.1) is 0 Å². The average Bonchev–Trinajstić information content (AvgIpc) is 2.89. The summed E-state index contributed by atoms with van der Waals surface area (Å²) in [7, 11) is 0. The molecule has 0 unspecified atom stereocenters. The van der Waals surface area contributed by atoms with Crippen LogP contribution >= 0.6 is 0 Å². The summed E-state index contributed by atoms with van der Waals surface area (Å²) in [5.41, 5.74) is 1.39. The highest BCUT2D eigenvalue weighted by atomic mass is 19.1. The van der Waals surface area contributed by atoms with Crippen LogP contribution in [0.25, 0.3) is 10.9 Å². The number of aryl methyl sites for hydroxylation is 1. The molecule has 0 aliphatic rings. The van der Waals surface area contributed by atoms with E-state index in [2.05, 4.69) is 10.6 Å². The minimum Gasteiger partial charge on any atom is -0.346 e. The third-order valence-corrected chi connectivity index (χ3v) is 3.55. The summed E-state index contributed by atoms with van der Waals surface area (Å²) in [4.78, 5) is 12.1. The first kappa shape index (κ1) is 15.0. The number of urea groups is 1. The van der Waals surface area contributed by atoms with Crippen molar-refractivity contribution in [2.75, 3.05) is 10.6 Å². The van der Waals surface area contributed by atoms with E-state index in [4.69, 9.17) is 0 Å². The molecule has 1 heterocycles. The molecule has 0 radical (unpaired) electrons. The van der Waals surface area contributed by atoms with Crippen LogP contribution < -0.4 is 10.6 Å². The Hall–Kier alpha value is -2.89. The zero-order valence-corrected chi connectivity index (χ0v) is 12.4. The maximum atomic E-state index is 13.6. The lowest BCUT2D eigenvalue weighted by Crippen LogP contribution is -2.20. The van der Waals surface area contributed by atoms with Gasteiger partial charge in [0.15, 0.2) is 0 Å². The van der Waals surface area contributed by atoms with E-state index in [9.17, 15) is 13.6 Å². The van der Waals surface area contributed by atoms with Gasteiger partial charge in [-0.25, -0.2) is 13.6 Å². The number of amides is 2. The molecule has 0 bridgehead atoms. The van der Waals surface area contributed by atoms with Crippen LogP contribution in [0.5, 0.6) is 0 Å². The number of hydrogen-bond donors (Lipinski definition) is 2. The molecule has 23 heavy (non-hydrogen) atoms. The van der Waals surface area contributed by atoms with Gasteiger partial charge in [0.2, 0.25) is 0 Å². The quantitative estimate of drug-likeness (QED) is 0.730. The van der Waals surface area contributed by atoms with Crippen LogP contribution in [0.4, 0.5) is 25.0 Å². The first-order chi connectivity index (χ1) is 11.1. The number of carbonyl (C=O) groups excluding carboxylic acids is 1. The first-order valence-corrected chi connectivity index (χ1v) is 7.19. The van der Waals surface area contributed by atoms with Crippen LogP contribution in [0.2, 0.25) is 0 Å². The van der Waals surface area contributed by atoms with Gasteiger partial charge in [0.05, 0.1) is 16.9 Å². The lowest BCUT2D eigenvalue weighted by molar-refractivity contribution is 0.262. The van der Waals surface area contributed by atoms with Gasteiger partial charge in [-0.05, 0) is 25.1 Å². The Morgan fingerprint density at radius 3 is 2.61 bits per heavy atom. The van der Waals surface area contributed by atoms with Crippen LogP contribution in [0, 0.1) is 11.6 Å². The summed E-state index contributed by atoms with van der Waals surface area (Å²) >= 11 is 0. The normalized spacial score (nSPS) is 10.7. The molecule has 0 aliphatic carbocycles. The first-order valence-electron chi connectivity index (χ1n) is 7.19. The number of fused-ring (bicyclic) bond motifs is 1. The van der Waals surface area contributed by atoms with Crippen LogP contribution in [-0.4, -0.2) is 10.6 Å². The number of nitrogens with one attached hydrogen (secondary N) is 2. The second-order valence-electron chi connectivity index (χ2n) is 5.05. The van der Waals surface area contributed by atoms with E-state index in [1.54, 1.807) is 0 Å². The Morgan fingerprint density at radius 2 is 1.83 bits per heavy atom. The summed E-state index contributed by atoms with van der Waals surface area (Å²) in [6.07, 6.45) is 1.81. The summed E-state index contributed by atoms with van der Waals surface area (Å²) < 4.78 is 28.7. The second-order valence-corrected chi connectivity index (χ2v) is 5.05. The number of carbonyl (C=O) groups is 1. The largest absolute Gasteiger partial charge is 0.346 e. The zero-order valence-electron chi connectivity index (χ0n) is 12.4. The standard InChI is InChI=1S/C17H15F2N3O/c1-2-22-10-15(12-5-3-4-6-16(12)22)21-17(23)20-14-9-11(18)7-8-13(14)19/h3-10H,2H2,1H3,(H2,20,21,23). The van der Waals surface area contributed by atoms with Crippen molar-refractivity contribution in [1.29, 1.82) is 0 Å². The van der Waals surface area contributed by atoms with Crippen LogP contribution in [0.1, 0.15) is 6.92 Å². The summed E-state index contributed by atoms with van der Waals surface area (Å²) in [6, 6.07) is 9.89. The van der Waals surface area contributed by atoms with Crippen molar-refractivity contribution < 1.29 is 13.6 Å². The molecule has 0 spiro atoms. The number of rotatable bonds is 3. The van der Waals surface area contributed by atoms with E-state index in [-0.39, 0.29) is 5.69 Å². The predicted octanol–water partition coefficient (Wildman–Crippen LogP) is 4.58. The minimum absolute atomic E-state index is 0.207. The molecule has 2 aromatic carbocycles. The van der Waals surface area contributed by atoms with Crippen molar-refractivity contribution in [3.63, 3.8) is 0 Å². The molecule has 6 heteroatoms. The van der Waals surface area contributed by atoms with E-state index in [0.717, 1.165) is 35.6 Å². The molecule has 0 saturated heterocycles. The molecule has 0 atom stereocenters. The number of anilines is 2. The second kappa shape index (κ2) is 6.08. The molecule has 3 rings (SSSR count). The molecule has 0 fully saturated rings. The summed E-state index contributed by atoms with van der Waals surface area (Å²) in [5, 5.41) is 5.87. The van der Waals surface area contributed by atoms with Gasteiger partial charge < -0.3 is 15.2 Å². The van der Waals surface area contributed by atoms with E-state index in [0.29, 0.717) is 5.69 Å². The highest BCUT2D eigenvalue weighted by molar-refractivity contribution is 6.06. The fraction of sp³-hybridized carbons (Fsp3) is 0.118. The third kappa shape index (κ3) is 3.01. The summed E-state index contributed by atoms with van der Waals surface area (Å²) in [6.45, 7) is 2.75. The Balaban J connectivity index is 1.84. The molecule has 3 aromatic rings. The maximum absolute atomic E-state index is 13.6. The molecule has 2 N–H and O–H groups in total. The molecule has 0 saturated carbocycles.